The molecule has 1 aliphatic heterocycles. The molecule has 0 bridgehead atoms. The van der Waals surface area contributed by atoms with Crippen molar-refractivity contribution in [3.63, 3.8) is 0 Å². The second-order valence-corrected chi connectivity index (χ2v) is 10.0. The standard InChI is InChI=1S/C21H32N2O6S/c1-15(2)19(23-30(25,26)18-6-4-17(27-3)5-7-18)20(24)22-14-16-8-10-21(11-9-16)28-12-13-29-21/h4-7,15-16,19,23H,8-14H2,1-3H3,(H,22,24)/t19-/m0/s1. The van der Waals surface area contributed by atoms with Crippen molar-refractivity contribution in [2.75, 3.05) is 26.9 Å². The fraction of sp³-hybridized carbons (Fsp3) is 0.667. The fourth-order valence-corrected chi connectivity index (χ4v) is 5.29. The molecule has 30 heavy (non-hydrogen) atoms. The molecule has 1 aromatic rings. The van der Waals surface area contributed by atoms with Crippen LogP contribution < -0.4 is 14.8 Å². The van der Waals surface area contributed by atoms with Gasteiger partial charge in [-0.25, -0.2) is 8.42 Å². The number of nitrogens with one attached hydrogen (secondary N) is 2. The van der Waals surface area contributed by atoms with Crippen molar-refractivity contribution in [2.45, 2.75) is 56.3 Å². The Morgan fingerprint density at radius 3 is 2.30 bits per heavy atom. The van der Waals surface area contributed by atoms with Crippen LogP contribution in [-0.2, 0) is 24.3 Å². The van der Waals surface area contributed by atoms with Gasteiger partial charge in [-0.05, 0) is 48.9 Å². The van der Waals surface area contributed by atoms with E-state index >= 15 is 0 Å². The van der Waals surface area contributed by atoms with Crippen LogP contribution in [0.5, 0.6) is 5.75 Å². The van der Waals surface area contributed by atoms with Crippen LogP contribution >= 0.6 is 0 Å². The lowest BCUT2D eigenvalue weighted by Crippen LogP contribution is -2.50. The molecule has 0 radical (unpaired) electrons. The normalized spacial score (nSPS) is 20.4. The van der Waals surface area contributed by atoms with E-state index in [1.54, 1.807) is 12.1 Å². The summed E-state index contributed by atoms with van der Waals surface area (Å²) in [6, 6.07) is 5.22. The van der Waals surface area contributed by atoms with Gasteiger partial charge in [-0.1, -0.05) is 13.8 Å². The van der Waals surface area contributed by atoms with Crippen LogP contribution in [0.3, 0.4) is 0 Å². The minimum Gasteiger partial charge on any atom is -0.497 e. The third kappa shape index (κ3) is 5.51. The Labute approximate surface area is 178 Å². The Balaban J connectivity index is 1.55. The van der Waals surface area contributed by atoms with Crippen LogP contribution in [0.15, 0.2) is 29.2 Å². The van der Waals surface area contributed by atoms with E-state index in [2.05, 4.69) is 10.0 Å². The Hall–Kier alpha value is -1.68. The summed E-state index contributed by atoms with van der Waals surface area (Å²) < 4.78 is 44.6. The van der Waals surface area contributed by atoms with Gasteiger partial charge in [0.05, 0.1) is 25.2 Å². The highest BCUT2D eigenvalue weighted by atomic mass is 32.2. The Morgan fingerprint density at radius 2 is 1.77 bits per heavy atom. The highest BCUT2D eigenvalue weighted by Gasteiger charge is 2.40. The second-order valence-electron chi connectivity index (χ2n) is 8.31. The van der Waals surface area contributed by atoms with Crippen LogP contribution in [0, 0.1) is 11.8 Å². The first-order chi connectivity index (χ1) is 14.2. The number of carbonyl (C=O) groups excluding carboxylic acids is 1. The van der Waals surface area contributed by atoms with Gasteiger partial charge in [0.25, 0.3) is 0 Å². The van der Waals surface area contributed by atoms with Crippen molar-refractivity contribution >= 4 is 15.9 Å². The summed E-state index contributed by atoms with van der Waals surface area (Å²) in [7, 11) is -2.32. The van der Waals surface area contributed by atoms with E-state index in [1.807, 2.05) is 13.8 Å². The lowest BCUT2D eigenvalue weighted by molar-refractivity contribution is -0.182. The molecule has 1 saturated carbocycles. The second kappa shape index (κ2) is 9.64. The molecule has 1 aromatic carbocycles. The number of amides is 1. The van der Waals surface area contributed by atoms with E-state index in [9.17, 15) is 13.2 Å². The van der Waals surface area contributed by atoms with Crippen molar-refractivity contribution < 1.29 is 27.4 Å². The van der Waals surface area contributed by atoms with Crippen LogP contribution in [0.4, 0.5) is 0 Å². The molecule has 1 heterocycles. The van der Waals surface area contributed by atoms with Gasteiger partial charge in [0.1, 0.15) is 11.8 Å². The number of benzene rings is 1. The van der Waals surface area contributed by atoms with E-state index in [1.165, 1.54) is 19.2 Å². The topological polar surface area (TPSA) is 103 Å². The molecule has 1 aliphatic carbocycles. The van der Waals surface area contributed by atoms with Gasteiger partial charge in [0.2, 0.25) is 15.9 Å². The minimum absolute atomic E-state index is 0.0934. The van der Waals surface area contributed by atoms with Crippen LogP contribution in [0.1, 0.15) is 39.5 Å². The molecule has 168 valence electrons. The molecule has 2 aliphatic rings. The maximum absolute atomic E-state index is 12.8. The van der Waals surface area contributed by atoms with Gasteiger partial charge in [-0.2, -0.15) is 4.72 Å². The number of rotatable bonds is 8. The molecule has 9 heteroatoms. The van der Waals surface area contributed by atoms with Gasteiger partial charge in [0, 0.05) is 19.4 Å². The molecule has 1 saturated heterocycles. The first kappa shape index (κ1) is 23.0. The Morgan fingerprint density at radius 1 is 1.17 bits per heavy atom. The van der Waals surface area contributed by atoms with Crippen LogP contribution in [0.25, 0.3) is 0 Å². The summed E-state index contributed by atoms with van der Waals surface area (Å²) in [5, 5.41) is 2.94. The summed E-state index contributed by atoms with van der Waals surface area (Å²) in [6.45, 7) is 5.44. The quantitative estimate of drug-likeness (QED) is 0.641. The first-order valence-corrected chi connectivity index (χ1v) is 11.9. The summed E-state index contributed by atoms with van der Waals surface area (Å²) in [4.78, 5) is 12.9. The van der Waals surface area contributed by atoms with Crippen molar-refractivity contribution in [1.29, 1.82) is 0 Å². The van der Waals surface area contributed by atoms with E-state index in [0.29, 0.717) is 31.4 Å². The monoisotopic (exact) mass is 440 g/mol. The van der Waals surface area contributed by atoms with E-state index in [4.69, 9.17) is 14.2 Å². The zero-order chi connectivity index (χ0) is 21.8. The summed E-state index contributed by atoms with van der Waals surface area (Å²) >= 11 is 0. The van der Waals surface area contributed by atoms with Crippen molar-refractivity contribution in [3.8, 4) is 5.75 Å². The SMILES string of the molecule is COc1ccc(S(=O)(=O)N[C@H](C(=O)NCC2CCC3(CC2)OCCO3)C(C)C)cc1. The number of hydrogen-bond acceptors (Lipinski definition) is 6. The van der Waals surface area contributed by atoms with Crippen LogP contribution in [0.2, 0.25) is 0 Å². The molecule has 8 nitrogen and oxygen atoms in total. The average molecular weight is 441 g/mol. The van der Waals surface area contributed by atoms with E-state index < -0.39 is 21.9 Å². The highest BCUT2D eigenvalue weighted by Crippen LogP contribution is 2.38. The molecular weight excluding hydrogens is 408 g/mol. The Bertz CT molecular complexity index is 808. The lowest BCUT2D eigenvalue weighted by Gasteiger charge is -2.35. The number of carbonyl (C=O) groups is 1. The van der Waals surface area contributed by atoms with Gasteiger partial charge >= 0.3 is 0 Å². The zero-order valence-corrected chi connectivity index (χ0v) is 18.7. The van der Waals surface area contributed by atoms with E-state index in [-0.39, 0.29) is 16.7 Å². The molecule has 2 N–H and O–H groups in total. The summed E-state index contributed by atoms with van der Waals surface area (Å²) in [5.74, 6) is -0.0357. The fourth-order valence-electron chi connectivity index (χ4n) is 3.94. The molecule has 3 rings (SSSR count). The predicted octanol–water partition coefficient (Wildman–Crippen LogP) is 2.05. The molecule has 1 spiro atoms. The van der Waals surface area contributed by atoms with Gasteiger partial charge in [0.15, 0.2) is 5.79 Å². The maximum atomic E-state index is 12.8. The average Bonchev–Trinajstić information content (AvgIpc) is 3.19. The number of methoxy groups -OCH3 is 1. The first-order valence-electron chi connectivity index (χ1n) is 10.5. The zero-order valence-electron chi connectivity index (χ0n) is 17.8. The minimum atomic E-state index is -3.83. The van der Waals surface area contributed by atoms with Crippen molar-refractivity contribution in [2.24, 2.45) is 11.8 Å². The number of sulfonamides is 1. The Kier molecular flexibility index (Phi) is 7.38. The van der Waals surface area contributed by atoms with E-state index in [0.717, 1.165) is 25.7 Å². The molecule has 0 aromatic heterocycles. The summed E-state index contributed by atoms with van der Waals surface area (Å²) in [6.07, 6.45) is 3.46. The van der Waals surface area contributed by atoms with Gasteiger partial charge in [-0.15, -0.1) is 0 Å². The van der Waals surface area contributed by atoms with Gasteiger partial charge < -0.3 is 19.5 Å². The molecular formula is C21H32N2O6S. The van der Waals surface area contributed by atoms with Crippen molar-refractivity contribution in [3.05, 3.63) is 24.3 Å². The number of hydrogen-bond donors (Lipinski definition) is 2. The molecule has 0 unspecified atom stereocenters. The highest BCUT2D eigenvalue weighted by molar-refractivity contribution is 7.89. The molecule has 1 atom stereocenters. The number of ether oxygens (including phenoxy) is 3. The largest absolute Gasteiger partial charge is 0.497 e. The third-order valence-electron chi connectivity index (χ3n) is 5.85. The predicted molar refractivity (Wildman–Crippen MR) is 112 cm³/mol. The third-order valence-corrected chi connectivity index (χ3v) is 7.30. The van der Waals surface area contributed by atoms with Gasteiger partial charge in [-0.3, -0.25) is 4.79 Å². The maximum Gasteiger partial charge on any atom is 0.241 e. The summed E-state index contributed by atoms with van der Waals surface area (Å²) in [5.41, 5.74) is 0. The molecule has 2 fully saturated rings. The van der Waals surface area contributed by atoms with Crippen molar-refractivity contribution in [1.82, 2.24) is 10.0 Å². The smallest absolute Gasteiger partial charge is 0.241 e. The lowest BCUT2D eigenvalue weighted by atomic mass is 9.85. The van der Waals surface area contributed by atoms with Crippen LogP contribution in [-0.4, -0.2) is 53.0 Å². The molecule has 1 amide bonds.